The van der Waals surface area contributed by atoms with Crippen molar-refractivity contribution in [1.82, 2.24) is 0 Å². The Morgan fingerprint density at radius 1 is 0.650 bits per heavy atom. The van der Waals surface area contributed by atoms with Crippen LogP contribution in [0.15, 0.2) is 72.8 Å². The minimum absolute atomic E-state index is 0.213. The first-order valence-electron chi connectivity index (χ1n) is 7.42. The summed E-state index contributed by atoms with van der Waals surface area (Å²) in [4.78, 5) is 0. The Morgan fingerprint density at radius 3 is 1.70 bits per heavy atom. The second-order valence-corrected chi connectivity index (χ2v) is 6.25. The number of benzene rings is 2. The fourth-order valence-corrected chi connectivity index (χ4v) is 4.49. The van der Waals surface area contributed by atoms with E-state index in [0.29, 0.717) is 0 Å². The summed E-state index contributed by atoms with van der Waals surface area (Å²) in [7, 11) is 0. The van der Waals surface area contributed by atoms with Crippen LogP contribution in [0.4, 0.5) is 0 Å². The molecule has 0 spiro atoms. The van der Waals surface area contributed by atoms with Crippen LogP contribution in [0, 0.1) is 0 Å². The summed E-state index contributed by atoms with van der Waals surface area (Å²) < 4.78 is 0. The van der Waals surface area contributed by atoms with E-state index in [-0.39, 0.29) is 10.8 Å². The average molecular weight is 256 g/mol. The van der Waals surface area contributed by atoms with Gasteiger partial charge in [-0.2, -0.15) is 0 Å². The summed E-state index contributed by atoms with van der Waals surface area (Å²) in [5.74, 6) is 0. The predicted molar refractivity (Wildman–Crippen MR) is 82.7 cm³/mol. The van der Waals surface area contributed by atoms with Crippen LogP contribution < -0.4 is 0 Å². The van der Waals surface area contributed by atoms with Crippen LogP contribution in [0.5, 0.6) is 0 Å². The van der Waals surface area contributed by atoms with E-state index >= 15 is 0 Å². The molecule has 96 valence electrons. The van der Waals surface area contributed by atoms with Gasteiger partial charge in [0.25, 0.3) is 0 Å². The third-order valence-electron chi connectivity index (χ3n) is 5.41. The molecular weight excluding hydrogens is 240 g/mol. The molecule has 0 radical (unpaired) electrons. The van der Waals surface area contributed by atoms with Crippen molar-refractivity contribution in [3.8, 4) is 11.1 Å². The summed E-state index contributed by atoms with van der Waals surface area (Å²) in [5.41, 5.74) is 6.31. The lowest BCUT2D eigenvalue weighted by Crippen LogP contribution is -2.24. The van der Waals surface area contributed by atoms with Crippen molar-refractivity contribution in [2.45, 2.75) is 23.7 Å². The lowest BCUT2D eigenvalue weighted by molar-refractivity contribution is 0.726. The van der Waals surface area contributed by atoms with Crippen molar-refractivity contribution in [2.24, 2.45) is 0 Å². The Morgan fingerprint density at radius 2 is 1.15 bits per heavy atom. The molecule has 5 rings (SSSR count). The molecular formula is C20H16. The smallest absolute Gasteiger partial charge is 0.0282 e. The van der Waals surface area contributed by atoms with Gasteiger partial charge in [-0.05, 0) is 35.1 Å². The maximum absolute atomic E-state index is 2.47. The van der Waals surface area contributed by atoms with Crippen LogP contribution in [0.2, 0.25) is 0 Å². The van der Waals surface area contributed by atoms with Gasteiger partial charge in [0.1, 0.15) is 0 Å². The van der Waals surface area contributed by atoms with Gasteiger partial charge in [0.15, 0.2) is 0 Å². The summed E-state index contributed by atoms with van der Waals surface area (Å²) in [5, 5.41) is 0. The highest BCUT2D eigenvalue weighted by Crippen LogP contribution is 2.72. The van der Waals surface area contributed by atoms with Crippen LogP contribution in [-0.2, 0) is 10.8 Å². The van der Waals surface area contributed by atoms with E-state index < -0.39 is 0 Å². The lowest BCUT2D eigenvalue weighted by Gasteiger charge is -2.31. The molecule has 0 amide bonds. The second kappa shape index (κ2) is 3.32. The number of allylic oxidation sites excluding steroid dienone is 4. The van der Waals surface area contributed by atoms with Crippen molar-refractivity contribution in [2.75, 3.05) is 0 Å². The molecule has 2 aromatic rings. The SMILES string of the molecule is C1=CC23CC2(C=CC1)c1ccccc1-c1ccccc13. The van der Waals surface area contributed by atoms with Gasteiger partial charge in [0.2, 0.25) is 0 Å². The molecule has 0 aliphatic heterocycles. The summed E-state index contributed by atoms with van der Waals surface area (Å²) in [6.45, 7) is 0. The van der Waals surface area contributed by atoms with E-state index in [9.17, 15) is 0 Å². The normalized spacial score (nSPS) is 31.6. The molecule has 1 fully saturated rings. The fourth-order valence-electron chi connectivity index (χ4n) is 4.49. The van der Waals surface area contributed by atoms with Gasteiger partial charge in [-0.1, -0.05) is 72.8 Å². The standard InChI is InChI=1S/C20H16/c1-6-12-19-14-20(19,13-7-1)18-11-5-3-9-16(18)15-8-2-4-10-17(15)19/h2-13H,1,14H2. The zero-order valence-corrected chi connectivity index (χ0v) is 11.3. The number of fused-ring (bicyclic) bond motifs is 3. The van der Waals surface area contributed by atoms with Crippen molar-refractivity contribution in [1.29, 1.82) is 0 Å². The van der Waals surface area contributed by atoms with E-state index in [1.807, 2.05) is 0 Å². The van der Waals surface area contributed by atoms with Crippen molar-refractivity contribution in [3.63, 3.8) is 0 Å². The second-order valence-electron chi connectivity index (χ2n) is 6.25. The molecule has 0 nitrogen and oxygen atoms in total. The largest absolute Gasteiger partial charge is 0.0838 e. The van der Waals surface area contributed by atoms with E-state index in [2.05, 4.69) is 72.8 Å². The maximum Gasteiger partial charge on any atom is 0.0282 e. The minimum atomic E-state index is 0.213. The van der Waals surface area contributed by atoms with Crippen LogP contribution in [0.1, 0.15) is 24.0 Å². The van der Waals surface area contributed by atoms with E-state index in [1.54, 1.807) is 0 Å². The van der Waals surface area contributed by atoms with Gasteiger partial charge in [-0.3, -0.25) is 0 Å². The highest BCUT2D eigenvalue weighted by molar-refractivity contribution is 5.83. The van der Waals surface area contributed by atoms with E-state index in [1.165, 1.54) is 28.7 Å². The zero-order valence-electron chi connectivity index (χ0n) is 11.3. The van der Waals surface area contributed by atoms with Crippen molar-refractivity contribution < 1.29 is 0 Å². The molecule has 2 atom stereocenters. The van der Waals surface area contributed by atoms with Gasteiger partial charge < -0.3 is 0 Å². The Labute approximate surface area is 119 Å². The molecule has 0 saturated heterocycles. The third kappa shape index (κ3) is 1.02. The van der Waals surface area contributed by atoms with Crippen molar-refractivity contribution in [3.05, 3.63) is 84.0 Å². The van der Waals surface area contributed by atoms with Gasteiger partial charge in [-0.15, -0.1) is 0 Å². The Kier molecular flexibility index (Phi) is 1.77. The van der Waals surface area contributed by atoms with E-state index in [0.717, 1.165) is 6.42 Å². The van der Waals surface area contributed by atoms with Gasteiger partial charge in [0.05, 0.1) is 0 Å². The fraction of sp³-hybridized carbons (Fsp3) is 0.200. The molecule has 0 bridgehead atoms. The molecule has 0 heterocycles. The molecule has 3 aliphatic carbocycles. The highest BCUT2D eigenvalue weighted by Gasteiger charge is 2.69. The first-order valence-corrected chi connectivity index (χ1v) is 7.42. The molecule has 0 aromatic heterocycles. The lowest BCUT2D eigenvalue weighted by atomic mass is 9.72. The zero-order chi connectivity index (χ0) is 13.2. The number of rotatable bonds is 0. The Hall–Kier alpha value is -2.08. The first kappa shape index (κ1) is 10.7. The summed E-state index contributed by atoms with van der Waals surface area (Å²) >= 11 is 0. The summed E-state index contributed by atoms with van der Waals surface area (Å²) in [6.07, 6.45) is 11.9. The third-order valence-corrected chi connectivity index (χ3v) is 5.41. The van der Waals surface area contributed by atoms with Crippen LogP contribution in [0.3, 0.4) is 0 Å². The van der Waals surface area contributed by atoms with Crippen molar-refractivity contribution >= 4 is 0 Å². The molecule has 2 aromatic carbocycles. The highest BCUT2D eigenvalue weighted by atomic mass is 14.7. The molecule has 2 unspecified atom stereocenters. The molecule has 0 N–H and O–H groups in total. The van der Waals surface area contributed by atoms with Crippen LogP contribution in [-0.4, -0.2) is 0 Å². The van der Waals surface area contributed by atoms with Crippen LogP contribution in [0.25, 0.3) is 11.1 Å². The van der Waals surface area contributed by atoms with Gasteiger partial charge in [0, 0.05) is 10.8 Å². The van der Waals surface area contributed by atoms with E-state index in [4.69, 9.17) is 0 Å². The van der Waals surface area contributed by atoms with Gasteiger partial charge >= 0.3 is 0 Å². The Balaban J connectivity index is 1.94. The van der Waals surface area contributed by atoms with Gasteiger partial charge in [-0.25, -0.2) is 0 Å². The number of hydrogen-bond acceptors (Lipinski definition) is 0. The molecule has 1 saturated carbocycles. The molecule has 20 heavy (non-hydrogen) atoms. The summed E-state index contributed by atoms with van der Waals surface area (Å²) in [6, 6.07) is 17.9. The topological polar surface area (TPSA) is 0 Å². The molecule has 3 aliphatic rings. The minimum Gasteiger partial charge on any atom is -0.0838 e. The number of hydrogen-bond donors (Lipinski definition) is 0. The predicted octanol–water partition coefficient (Wildman–Crippen LogP) is 4.76. The van der Waals surface area contributed by atoms with Crippen LogP contribution >= 0.6 is 0 Å². The Bertz CT molecular complexity index is 715. The quantitative estimate of drug-likeness (QED) is 0.596. The monoisotopic (exact) mass is 256 g/mol. The first-order chi connectivity index (χ1) is 9.87. The molecule has 0 heteroatoms. The maximum atomic E-state index is 2.47. The average Bonchev–Trinajstić information content (AvgIpc) is 3.20.